The molecule has 2 aromatic carbocycles. The topological polar surface area (TPSA) is 12.0 Å². The first-order chi connectivity index (χ1) is 8.18. The number of halogens is 2. The van der Waals surface area contributed by atoms with E-state index in [1.165, 1.54) is 0 Å². The van der Waals surface area contributed by atoms with E-state index in [-0.39, 0.29) is 12.6 Å². The number of hydrogen-bond donors (Lipinski definition) is 1. The molecule has 0 heterocycles. The molecule has 0 aromatic heterocycles. The van der Waals surface area contributed by atoms with Crippen molar-refractivity contribution in [2.45, 2.75) is 19.4 Å². The van der Waals surface area contributed by atoms with E-state index < -0.39 is 6.43 Å². The molecule has 0 saturated heterocycles. The second-order valence-corrected chi connectivity index (χ2v) is 4.09. The Kier molecular flexibility index (Phi) is 3.69. The Morgan fingerprint density at radius 2 is 1.76 bits per heavy atom. The number of nitrogens with one attached hydrogen (secondary N) is 1. The third kappa shape index (κ3) is 2.80. The van der Waals surface area contributed by atoms with Crippen LogP contribution in [0.1, 0.15) is 18.5 Å². The van der Waals surface area contributed by atoms with Crippen LogP contribution in [0.25, 0.3) is 10.8 Å². The molecule has 1 nitrogen and oxygen atoms in total. The second kappa shape index (κ2) is 5.23. The molecule has 1 N–H and O–H groups in total. The lowest BCUT2D eigenvalue weighted by Crippen LogP contribution is -2.24. The van der Waals surface area contributed by atoms with Crippen LogP contribution in [0.2, 0.25) is 0 Å². The Morgan fingerprint density at radius 3 is 2.53 bits per heavy atom. The van der Waals surface area contributed by atoms with Crippen molar-refractivity contribution in [2.75, 3.05) is 6.54 Å². The maximum absolute atomic E-state index is 12.2. The molecular weight excluding hydrogens is 220 g/mol. The highest BCUT2D eigenvalue weighted by atomic mass is 19.3. The van der Waals surface area contributed by atoms with Crippen molar-refractivity contribution in [3.63, 3.8) is 0 Å². The summed E-state index contributed by atoms with van der Waals surface area (Å²) in [5.74, 6) is 0. The molecule has 0 aliphatic carbocycles. The highest BCUT2D eigenvalue weighted by molar-refractivity contribution is 5.86. The van der Waals surface area contributed by atoms with Gasteiger partial charge in [0.05, 0.1) is 6.54 Å². The summed E-state index contributed by atoms with van der Waals surface area (Å²) in [7, 11) is 0. The third-order valence-electron chi connectivity index (χ3n) is 2.87. The average molecular weight is 235 g/mol. The van der Waals surface area contributed by atoms with E-state index in [1.807, 2.05) is 49.4 Å². The molecule has 0 spiro atoms. The van der Waals surface area contributed by atoms with Crippen molar-refractivity contribution in [1.82, 2.24) is 5.32 Å². The van der Waals surface area contributed by atoms with Gasteiger partial charge in [-0.2, -0.15) is 0 Å². The summed E-state index contributed by atoms with van der Waals surface area (Å²) in [6.45, 7) is 1.63. The van der Waals surface area contributed by atoms with Crippen LogP contribution in [0, 0.1) is 0 Å². The Bertz CT molecular complexity index is 491. The molecule has 90 valence electrons. The molecule has 2 rings (SSSR count). The molecule has 0 bridgehead atoms. The van der Waals surface area contributed by atoms with Gasteiger partial charge in [-0.15, -0.1) is 0 Å². The predicted molar refractivity (Wildman–Crippen MR) is 66.4 cm³/mol. The van der Waals surface area contributed by atoms with Crippen molar-refractivity contribution < 1.29 is 8.78 Å². The molecule has 17 heavy (non-hydrogen) atoms. The normalized spacial score (nSPS) is 13.2. The van der Waals surface area contributed by atoms with Crippen LogP contribution < -0.4 is 5.32 Å². The first-order valence-corrected chi connectivity index (χ1v) is 5.67. The summed E-state index contributed by atoms with van der Waals surface area (Å²) in [5, 5.41) is 5.09. The maximum atomic E-state index is 12.2. The highest BCUT2D eigenvalue weighted by Gasteiger charge is 2.10. The zero-order valence-electron chi connectivity index (χ0n) is 9.66. The summed E-state index contributed by atoms with van der Waals surface area (Å²) >= 11 is 0. The van der Waals surface area contributed by atoms with Crippen LogP contribution in [0.15, 0.2) is 42.5 Å². The first kappa shape index (κ1) is 12.0. The smallest absolute Gasteiger partial charge is 0.250 e. The minimum atomic E-state index is -2.31. The molecule has 3 heteroatoms. The Labute approximate surface area is 99.5 Å². The summed E-state index contributed by atoms with van der Waals surface area (Å²) in [6, 6.07) is 13.9. The molecule has 1 atom stereocenters. The molecule has 0 aliphatic rings. The van der Waals surface area contributed by atoms with Crippen LogP contribution in [-0.2, 0) is 0 Å². The van der Waals surface area contributed by atoms with Crippen LogP contribution in [0.3, 0.4) is 0 Å². The van der Waals surface area contributed by atoms with E-state index in [1.54, 1.807) is 0 Å². The molecule has 0 saturated carbocycles. The van der Waals surface area contributed by atoms with Crippen LogP contribution in [0.4, 0.5) is 8.78 Å². The summed E-state index contributed by atoms with van der Waals surface area (Å²) < 4.78 is 24.3. The second-order valence-electron chi connectivity index (χ2n) is 4.09. The van der Waals surface area contributed by atoms with Gasteiger partial charge in [0.25, 0.3) is 6.43 Å². The lowest BCUT2D eigenvalue weighted by Gasteiger charge is -2.16. The van der Waals surface area contributed by atoms with Crippen LogP contribution in [-0.4, -0.2) is 13.0 Å². The fourth-order valence-corrected chi connectivity index (χ4v) is 2.00. The van der Waals surface area contributed by atoms with Gasteiger partial charge in [-0.25, -0.2) is 8.78 Å². The fraction of sp³-hybridized carbons (Fsp3) is 0.286. The highest BCUT2D eigenvalue weighted by Crippen LogP contribution is 2.23. The van der Waals surface area contributed by atoms with Gasteiger partial charge in [0.2, 0.25) is 0 Å². The molecule has 0 amide bonds. The molecule has 0 radical (unpaired) electrons. The summed E-state index contributed by atoms with van der Waals surface area (Å²) in [5.41, 5.74) is 1.06. The lowest BCUT2D eigenvalue weighted by molar-refractivity contribution is 0.142. The quantitative estimate of drug-likeness (QED) is 0.850. The largest absolute Gasteiger partial charge is 0.305 e. The number of rotatable bonds is 4. The molecular formula is C14H15F2N. The van der Waals surface area contributed by atoms with E-state index in [4.69, 9.17) is 0 Å². The fourth-order valence-electron chi connectivity index (χ4n) is 2.00. The number of alkyl halides is 2. The SMILES string of the molecule is CC(NCC(F)F)c1cccc2ccccc12. The Balaban J connectivity index is 2.28. The maximum Gasteiger partial charge on any atom is 0.250 e. The average Bonchev–Trinajstić information content (AvgIpc) is 2.35. The van der Waals surface area contributed by atoms with E-state index in [9.17, 15) is 8.78 Å². The van der Waals surface area contributed by atoms with Crippen LogP contribution >= 0.6 is 0 Å². The van der Waals surface area contributed by atoms with Crippen molar-refractivity contribution in [3.05, 3.63) is 48.0 Å². The van der Waals surface area contributed by atoms with Gasteiger partial charge < -0.3 is 5.32 Å². The van der Waals surface area contributed by atoms with Crippen molar-refractivity contribution in [1.29, 1.82) is 0 Å². The number of hydrogen-bond acceptors (Lipinski definition) is 1. The van der Waals surface area contributed by atoms with E-state index in [0.29, 0.717) is 0 Å². The molecule has 0 fully saturated rings. The van der Waals surface area contributed by atoms with Gasteiger partial charge >= 0.3 is 0 Å². The Morgan fingerprint density at radius 1 is 1.06 bits per heavy atom. The predicted octanol–water partition coefficient (Wildman–Crippen LogP) is 3.76. The van der Waals surface area contributed by atoms with Crippen LogP contribution in [0.5, 0.6) is 0 Å². The van der Waals surface area contributed by atoms with E-state index in [2.05, 4.69) is 5.32 Å². The minimum Gasteiger partial charge on any atom is -0.305 e. The molecule has 2 aromatic rings. The van der Waals surface area contributed by atoms with Crippen molar-refractivity contribution >= 4 is 10.8 Å². The van der Waals surface area contributed by atoms with Gasteiger partial charge in [-0.1, -0.05) is 42.5 Å². The van der Waals surface area contributed by atoms with Gasteiger partial charge in [0.1, 0.15) is 0 Å². The van der Waals surface area contributed by atoms with Gasteiger partial charge in [-0.05, 0) is 23.3 Å². The molecule has 1 unspecified atom stereocenters. The van der Waals surface area contributed by atoms with E-state index >= 15 is 0 Å². The number of benzene rings is 2. The van der Waals surface area contributed by atoms with Gasteiger partial charge in [0.15, 0.2) is 0 Å². The van der Waals surface area contributed by atoms with Gasteiger partial charge in [0, 0.05) is 6.04 Å². The molecule has 0 aliphatic heterocycles. The monoisotopic (exact) mass is 235 g/mol. The zero-order chi connectivity index (χ0) is 12.3. The summed E-state index contributed by atoms with van der Waals surface area (Å²) in [4.78, 5) is 0. The Hall–Kier alpha value is -1.48. The first-order valence-electron chi connectivity index (χ1n) is 5.67. The lowest BCUT2D eigenvalue weighted by atomic mass is 10.00. The standard InChI is InChI=1S/C14H15F2N/c1-10(17-9-14(15)16)12-8-4-6-11-5-2-3-7-13(11)12/h2-8,10,14,17H,9H2,1H3. The van der Waals surface area contributed by atoms with Crippen molar-refractivity contribution in [3.8, 4) is 0 Å². The number of fused-ring (bicyclic) bond motifs is 1. The van der Waals surface area contributed by atoms with E-state index in [0.717, 1.165) is 16.3 Å². The van der Waals surface area contributed by atoms with Crippen molar-refractivity contribution in [2.24, 2.45) is 0 Å². The summed E-state index contributed by atoms with van der Waals surface area (Å²) in [6.07, 6.45) is -2.31. The van der Waals surface area contributed by atoms with Gasteiger partial charge in [-0.3, -0.25) is 0 Å². The zero-order valence-corrected chi connectivity index (χ0v) is 9.66. The third-order valence-corrected chi connectivity index (χ3v) is 2.87. The minimum absolute atomic E-state index is 0.0740.